The first kappa shape index (κ1) is 15.9. The third-order valence-corrected chi connectivity index (χ3v) is 4.07. The Kier molecular flexibility index (Phi) is 4.35. The fourth-order valence-corrected chi connectivity index (χ4v) is 2.76. The Morgan fingerprint density at radius 1 is 0.808 bits per heavy atom. The van der Waals surface area contributed by atoms with Crippen LogP contribution in [0.4, 0.5) is 5.69 Å². The molecule has 1 aromatic heterocycles. The second-order valence-corrected chi connectivity index (χ2v) is 5.84. The Hall–Kier alpha value is -3.60. The summed E-state index contributed by atoms with van der Waals surface area (Å²) in [6.07, 6.45) is 0. The number of hydrogen-bond donors (Lipinski definition) is 2. The van der Waals surface area contributed by atoms with Crippen LogP contribution in [-0.4, -0.2) is 10.2 Å². The van der Waals surface area contributed by atoms with E-state index in [1.54, 1.807) is 6.07 Å². The summed E-state index contributed by atoms with van der Waals surface area (Å²) in [6.45, 7) is 0.510. The van der Waals surface area contributed by atoms with E-state index in [9.17, 15) is 4.79 Å². The summed E-state index contributed by atoms with van der Waals surface area (Å²) in [4.78, 5) is 11.8. The Morgan fingerprint density at radius 2 is 1.46 bits per heavy atom. The zero-order valence-electron chi connectivity index (χ0n) is 14.0. The number of fused-ring (bicyclic) bond motifs is 1. The molecule has 0 aliphatic carbocycles. The molecule has 5 nitrogen and oxygen atoms in total. The van der Waals surface area contributed by atoms with Crippen molar-refractivity contribution in [3.63, 3.8) is 0 Å². The van der Waals surface area contributed by atoms with E-state index in [0.29, 0.717) is 11.9 Å². The molecule has 0 spiro atoms. The van der Waals surface area contributed by atoms with Gasteiger partial charge in [0.05, 0.1) is 17.6 Å². The number of hydrogen-bond acceptors (Lipinski definition) is 4. The Labute approximate surface area is 150 Å². The van der Waals surface area contributed by atoms with Crippen LogP contribution >= 0.6 is 0 Å². The second kappa shape index (κ2) is 7.11. The lowest BCUT2D eigenvalue weighted by Gasteiger charge is -2.09. The topological polar surface area (TPSA) is 67.0 Å². The first-order valence-corrected chi connectivity index (χ1v) is 8.33. The molecular weight excluding hydrogens is 326 g/mol. The molecule has 0 aliphatic rings. The molecule has 26 heavy (non-hydrogen) atoms. The van der Waals surface area contributed by atoms with E-state index in [0.717, 1.165) is 28.3 Å². The van der Waals surface area contributed by atoms with E-state index in [4.69, 9.17) is 4.74 Å². The predicted molar refractivity (Wildman–Crippen MR) is 103 cm³/mol. The molecule has 0 radical (unpaired) electrons. The summed E-state index contributed by atoms with van der Waals surface area (Å²) < 4.78 is 5.79. The van der Waals surface area contributed by atoms with E-state index in [1.165, 1.54) is 0 Å². The van der Waals surface area contributed by atoms with Gasteiger partial charge in [-0.05, 0) is 42.5 Å². The van der Waals surface area contributed by atoms with Crippen molar-refractivity contribution in [2.24, 2.45) is 0 Å². The van der Waals surface area contributed by atoms with Gasteiger partial charge in [-0.25, -0.2) is 5.10 Å². The first-order chi connectivity index (χ1) is 12.8. The van der Waals surface area contributed by atoms with Crippen molar-refractivity contribution in [1.29, 1.82) is 0 Å². The van der Waals surface area contributed by atoms with Crippen LogP contribution in [0.15, 0.2) is 83.7 Å². The molecular formula is C21H17N3O2. The summed E-state index contributed by atoms with van der Waals surface area (Å²) in [5.41, 5.74) is 1.57. The number of H-pyrrole nitrogens is 1. The quantitative estimate of drug-likeness (QED) is 0.566. The molecule has 1 heterocycles. The van der Waals surface area contributed by atoms with Crippen molar-refractivity contribution in [3.8, 4) is 11.5 Å². The van der Waals surface area contributed by atoms with Crippen LogP contribution < -0.4 is 15.6 Å². The number of aromatic nitrogens is 2. The molecule has 0 saturated heterocycles. The molecule has 0 atom stereocenters. The number of anilines is 1. The third kappa shape index (κ3) is 3.42. The summed E-state index contributed by atoms with van der Waals surface area (Å²) in [7, 11) is 0. The van der Waals surface area contributed by atoms with Crippen LogP contribution in [0, 0.1) is 0 Å². The Morgan fingerprint density at radius 3 is 2.23 bits per heavy atom. The van der Waals surface area contributed by atoms with Gasteiger partial charge in [0.1, 0.15) is 11.5 Å². The number of aromatic amines is 1. The van der Waals surface area contributed by atoms with Crippen molar-refractivity contribution >= 4 is 16.5 Å². The van der Waals surface area contributed by atoms with Gasteiger partial charge in [-0.3, -0.25) is 4.79 Å². The molecule has 0 aliphatic heterocycles. The highest BCUT2D eigenvalue weighted by atomic mass is 16.5. The van der Waals surface area contributed by atoms with Crippen LogP contribution in [-0.2, 0) is 6.54 Å². The Balaban J connectivity index is 1.47. The lowest BCUT2D eigenvalue weighted by Crippen LogP contribution is -2.13. The molecule has 2 N–H and O–H groups in total. The van der Waals surface area contributed by atoms with Gasteiger partial charge < -0.3 is 10.1 Å². The highest BCUT2D eigenvalue weighted by Gasteiger charge is 2.06. The molecule has 3 aromatic carbocycles. The fourth-order valence-electron chi connectivity index (χ4n) is 2.76. The maximum absolute atomic E-state index is 11.8. The average Bonchev–Trinajstić information content (AvgIpc) is 2.70. The maximum Gasteiger partial charge on any atom is 0.272 e. The molecule has 0 saturated carbocycles. The molecule has 5 heteroatoms. The minimum atomic E-state index is -0.174. The second-order valence-electron chi connectivity index (χ2n) is 5.84. The first-order valence-electron chi connectivity index (χ1n) is 8.33. The SMILES string of the molecule is O=c1[nH]nc(CNc2ccc(Oc3ccccc3)cc2)c2ccccc12. The molecule has 0 bridgehead atoms. The van der Waals surface area contributed by atoms with Crippen molar-refractivity contribution in [1.82, 2.24) is 10.2 Å². The molecule has 0 fully saturated rings. The van der Waals surface area contributed by atoms with Crippen LogP contribution in [0.25, 0.3) is 10.8 Å². The minimum absolute atomic E-state index is 0.174. The van der Waals surface area contributed by atoms with Crippen LogP contribution in [0.3, 0.4) is 0 Å². The van der Waals surface area contributed by atoms with Gasteiger partial charge in [0.2, 0.25) is 0 Å². The van der Waals surface area contributed by atoms with Gasteiger partial charge in [-0.2, -0.15) is 5.10 Å². The van der Waals surface area contributed by atoms with Crippen molar-refractivity contribution < 1.29 is 4.74 Å². The van der Waals surface area contributed by atoms with E-state index in [-0.39, 0.29) is 5.56 Å². The van der Waals surface area contributed by atoms with Crippen molar-refractivity contribution in [2.75, 3.05) is 5.32 Å². The standard InChI is InChI=1S/C21H17N3O2/c25-21-19-9-5-4-8-18(19)20(23-24-21)14-22-15-10-12-17(13-11-15)26-16-6-2-1-3-7-16/h1-13,22H,14H2,(H,24,25). The zero-order chi connectivity index (χ0) is 17.8. The number of ether oxygens (including phenoxy) is 1. The number of rotatable bonds is 5. The third-order valence-electron chi connectivity index (χ3n) is 4.07. The maximum atomic E-state index is 11.8. The molecule has 4 aromatic rings. The Bertz CT molecular complexity index is 1070. The summed E-state index contributed by atoms with van der Waals surface area (Å²) in [5, 5.41) is 11.5. The van der Waals surface area contributed by atoms with E-state index >= 15 is 0 Å². The predicted octanol–water partition coefficient (Wildman–Crippen LogP) is 4.33. The number of para-hydroxylation sites is 1. The van der Waals surface area contributed by atoms with Gasteiger partial charge in [0.15, 0.2) is 0 Å². The number of benzene rings is 3. The lowest BCUT2D eigenvalue weighted by molar-refractivity contribution is 0.483. The minimum Gasteiger partial charge on any atom is -0.457 e. The van der Waals surface area contributed by atoms with Crippen LogP contribution in [0.1, 0.15) is 5.69 Å². The summed E-state index contributed by atoms with van der Waals surface area (Å²) >= 11 is 0. The largest absolute Gasteiger partial charge is 0.457 e. The monoisotopic (exact) mass is 343 g/mol. The highest BCUT2D eigenvalue weighted by molar-refractivity contribution is 5.83. The summed E-state index contributed by atoms with van der Waals surface area (Å²) in [5.74, 6) is 1.58. The lowest BCUT2D eigenvalue weighted by atomic mass is 10.1. The van der Waals surface area contributed by atoms with Gasteiger partial charge >= 0.3 is 0 Å². The van der Waals surface area contributed by atoms with E-state index < -0.39 is 0 Å². The van der Waals surface area contributed by atoms with Gasteiger partial charge in [0, 0.05) is 11.1 Å². The summed E-state index contributed by atoms with van der Waals surface area (Å²) in [6, 6.07) is 24.8. The fraction of sp³-hybridized carbons (Fsp3) is 0.0476. The van der Waals surface area contributed by atoms with Crippen molar-refractivity contribution in [3.05, 3.63) is 94.9 Å². The van der Waals surface area contributed by atoms with E-state index in [1.807, 2.05) is 72.8 Å². The number of nitrogens with one attached hydrogen (secondary N) is 2. The number of nitrogens with zero attached hydrogens (tertiary/aromatic N) is 1. The molecule has 0 unspecified atom stereocenters. The van der Waals surface area contributed by atoms with Crippen LogP contribution in [0.5, 0.6) is 11.5 Å². The van der Waals surface area contributed by atoms with Gasteiger partial charge in [0.25, 0.3) is 5.56 Å². The van der Waals surface area contributed by atoms with Gasteiger partial charge in [-0.15, -0.1) is 0 Å². The van der Waals surface area contributed by atoms with Crippen molar-refractivity contribution in [2.45, 2.75) is 6.54 Å². The normalized spacial score (nSPS) is 10.6. The van der Waals surface area contributed by atoms with Crippen LogP contribution in [0.2, 0.25) is 0 Å². The average molecular weight is 343 g/mol. The smallest absolute Gasteiger partial charge is 0.272 e. The highest BCUT2D eigenvalue weighted by Crippen LogP contribution is 2.23. The molecule has 4 rings (SSSR count). The van der Waals surface area contributed by atoms with Gasteiger partial charge in [-0.1, -0.05) is 36.4 Å². The zero-order valence-corrected chi connectivity index (χ0v) is 14.0. The molecule has 128 valence electrons. The van der Waals surface area contributed by atoms with E-state index in [2.05, 4.69) is 15.5 Å². The molecule has 0 amide bonds.